The van der Waals surface area contributed by atoms with E-state index in [0.717, 1.165) is 27.8 Å². The fraction of sp³-hybridized carbons (Fsp3) is 0.364. The maximum absolute atomic E-state index is 5.79. The van der Waals surface area contributed by atoms with E-state index in [1.807, 2.05) is 26.1 Å². The normalized spacial score (nSPS) is 13.3. The van der Waals surface area contributed by atoms with E-state index in [2.05, 4.69) is 31.5 Å². The van der Waals surface area contributed by atoms with E-state index >= 15 is 0 Å². The third-order valence-corrected chi connectivity index (χ3v) is 3.10. The van der Waals surface area contributed by atoms with Crippen LogP contribution in [-0.4, -0.2) is 15.6 Å². The molecule has 3 nitrogen and oxygen atoms in total. The maximum atomic E-state index is 5.79. The molecule has 1 atom stereocenters. The molecule has 2 N–H and O–H groups in total. The number of aryl methyl sites for hydroxylation is 1. The molecule has 0 aliphatic heterocycles. The molecule has 1 unspecified atom stereocenters. The molecule has 0 radical (unpaired) electrons. The largest absolute Gasteiger partial charge is 0.331 e. The molecule has 0 saturated carbocycles. The Kier molecular flexibility index (Phi) is 2.80. The molecule has 80 valence electrons. The van der Waals surface area contributed by atoms with E-state index in [4.69, 9.17) is 5.73 Å². The van der Waals surface area contributed by atoms with Gasteiger partial charge < -0.3 is 10.3 Å². The fourth-order valence-corrected chi connectivity index (χ4v) is 2.14. The molecule has 1 aromatic heterocycles. The lowest BCUT2D eigenvalue weighted by Gasteiger charge is -2.04. The van der Waals surface area contributed by atoms with E-state index < -0.39 is 0 Å². The lowest BCUT2D eigenvalue weighted by Crippen LogP contribution is -2.19. The molecule has 0 bridgehead atoms. The van der Waals surface area contributed by atoms with Gasteiger partial charge in [0, 0.05) is 24.0 Å². The lowest BCUT2D eigenvalue weighted by atomic mass is 10.2. The van der Waals surface area contributed by atoms with Crippen molar-refractivity contribution in [3.05, 3.63) is 28.5 Å². The monoisotopic (exact) mass is 267 g/mol. The summed E-state index contributed by atoms with van der Waals surface area (Å²) in [4.78, 5) is 4.59. The number of nitrogens with zero attached hydrogens (tertiary/aromatic N) is 2. The molecule has 0 aliphatic rings. The third-order valence-electron chi connectivity index (χ3n) is 2.46. The van der Waals surface area contributed by atoms with E-state index in [0.29, 0.717) is 0 Å². The highest BCUT2D eigenvalue weighted by molar-refractivity contribution is 9.10. The first-order chi connectivity index (χ1) is 7.09. The SMILES string of the molecule is CC(N)Cc1nc2c(Br)cccc2n1C. The Balaban J connectivity index is 2.59. The van der Waals surface area contributed by atoms with E-state index in [1.165, 1.54) is 0 Å². The standard InChI is InChI=1S/C11H14BrN3/c1-7(13)6-10-14-11-8(12)4-3-5-9(11)15(10)2/h3-5,7H,6,13H2,1-2H3. The van der Waals surface area contributed by atoms with Gasteiger partial charge in [-0.1, -0.05) is 6.07 Å². The van der Waals surface area contributed by atoms with Gasteiger partial charge in [-0.25, -0.2) is 4.98 Å². The first-order valence-electron chi connectivity index (χ1n) is 4.95. The zero-order valence-corrected chi connectivity index (χ0v) is 10.5. The zero-order chi connectivity index (χ0) is 11.0. The molecule has 2 aromatic rings. The molecule has 0 aliphatic carbocycles. The predicted molar refractivity (Wildman–Crippen MR) is 65.8 cm³/mol. The maximum Gasteiger partial charge on any atom is 0.111 e. The van der Waals surface area contributed by atoms with Gasteiger partial charge in [0.2, 0.25) is 0 Å². The van der Waals surface area contributed by atoms with Gasteiger partial charge >= 0.3 is 0 Å². The smallest absolute Gasteiger partial charge is 0.111 e. The summed E-state index contributed by atoms with van der Waals surface area (Å²) in [6, 6.07) is 6.23. The van der Waals surface area contributed by atoms with E-state index in [1.54, 1.807) is 0 Å². The van der Waals surface area contributed by atoms with Crippen LogP contribution in [0.25, 0.3) is 11.0 Å². The Hall–Kier alpha value is -0.870. The van der Waals surface area contributed by atoms with Crippen LogP contribution in [0.5, 0.6) is 0 Å². The number of aromatic nitrogens is 2. The minimum atomic E-state index is 0.138. The van der Waals surface area contributed by atoms with Gasteiger partial charge in [0.15, 0.2) is 0 Å². The second kappa shape index (κ2) is 3.94. The Bertz CT molecular complexity index is 488. The van der Waals surface area contributed by atoms with Crippen LogP contribution in [0.15, 0.2) is 22.7 Å². The molecule has 0 spiro atoms. The number of nitrogens with two attached hydrogens (primary N) is 1. The Labute approximate surface area is 97.4 Å². The summed E-state index contributed by atoms with van der Waals surface area (Å²) in [6.45, 7) is 1.99. The summed E-state index contributed by atoms with van der Waals surface area (Å²) in [6.07, 6.45) is 0.803. The number of imidazole rings is 1. The molecule has 4 heteroatoms. The van der Waals surface area contributed by atoms with Gasteiger partial charge in [0.05, 0.1) is 5.52 Å². The summed E-state index contributed by atoms with van der Waals surface area (Å²) in [7, 11) is 2.03. The highest BCUT2D eigenvalue weighted by atomic mass is 79.9. The van der Waals surface area contributed by atoms with Crippen molar-refractivity contribution in [2.24, 2.45) is 12.8 Å². The Morgan fingerprint density at radius 1 is 1.53 bits per heavy atom. The van der Waals surface area contributed by atoms with E-state index in [-0.39, 0.29) is 6.04 Å². The van der Waals surface area contributed by atoms with Crippen molar-refractivity contribution in [3.63, 3.8) is 0 Å². The van der Waals surface area contributed by atoms with Crippen molar-refractivity contribution in [2.45, 2.75) is 19.4 Å². The van der Waals surface area contributed by atoms with Crippen molar-refractivity contribution in [2.75, 3.05) is 0 Å². The fourth-order valence-electron chi connectivity index (χ4n) is 1.70. The Morgan fingerprint density at radius 3 is 2.87 bits per heavy atom. The number of hydrogen-bond acceptors (Lipinski definition) is 2. The van der Waals surface area contributed by atoms with Crippen LogP contribution in [0.1, 0.15) is 12.7 Å². The highest BCUT2D eigenvalue weighted by Gasteiger charge is 2.10. The van der Waals surface area contributed by atoms with Crippen LogP contribution in [-0.2, 0) is 13.5 Å². The quantitative estimate of drug-likeness (QED) is 0.907. The van der Waals surface area contributed by atoms with Gasteiger partial charge in [0.25, 0.3) is 0 Å². The molecule has 0 fully saturated rings. The van der Waals surface area contributed by atoms with Crippen LogP contribution in [0.3, 0.4) is 0 Å². The van der Waals surface area contributed by atoms with Crippen LogP contribution >= 0.6 is 15.9 Å². The van der Waals surface area contributed by atoms with Crippen molar-refractivity contribution in [3.8, 4) is 0 Å². The summed E-state index contributed by atoms with van der Waals surface area (Å²) in [5, 5.41) is 0. The van der Waals surface area contributed by atoms with Crippen LogP contribution in [0, 0.1) is 0 Å². The van der Waals surface area contributed by atoms with E-state index in [9.17, 15) is 0 Å². The third kappa shape index (κ3) is 1.92. The highest BCUT2D eigenvalue weighted by Crippen LogP contribution is 2.23. The molecule has 0 amide bonds. The zero-order valence-electron chi connectivity index (χ0n) is 8.87. The van der Waals surface area contributed by atoms with Crippen molar-refractivity contribution >= 4 is 27.0 Å². The van der Waals surface area contributed by atoms with Gasteiger partial charge in [-0.15, -0.1) is 0 Å². The number of halogens is 1. The molecule has 15 heavy (non-hydrogen) atoms. The number of rotatable bonds is 2. The van der Waals surface area contributed by atoms with Gasteiger partial charge in [-0.2, -0.15) is 0 Å². The Morgan fingerprint density at radius 2 is 2.27 bits per heavy atom. The van der Waals surface area contributed by atoms with Gasteiger partial charge in [-0.05, 0) is 35.0 Å². The second-order valence-corrected chi connectivity index (χ2v) is 4.73. The summed E-state index contributed by atoms with van der Waals surface area (Å²) < 4.78 is 3.13. The number of para-hydroxylation sites is 1. The lowest BCUT2D eigenvalue weighted by molar-refractivity contribution is 0.678. The average molecular weight is 268 g/mol. The topological polar surface area (TPSA) is 43.8 Å². The van der Waals surface area contributed by atoms with Gasteiger partial charge in [0.1, 0.15) is 11.3 Å². The van der Waals surface area contributed by atoms with Crippen LogP contribution in [0.4, 0.5) is 0 Å². The minimum Gasteiger partial charge on any atom is -0.331 e. The molecule has 1 heterocycles. The molecule has 0 saturated heterocycles. The first kappa shape index (κ1) is 10.6. The molecular weight excluding hydrogens is 254 g/mol. The molecule has 2 rings (SSSR count). The second-order valence-electron chi connectivity index (χ2n) is 3.88. The minimum absolute atomic E-state index is 0.138. The number of hydrogen-bond donors (Lipinski definition) is 1. The summed E-state index contributed by atoms with van der Waals surface area (Å²) in [5.41, 5.74) is 7.94. The van der Waals surface area contributed by atoms with Crippen LogP contribution < -0.4 is 5.73 Å². The van der Waals surface area contributed by atoms with Crippen molar-refractivity contribution in [1.82, 2.24) is 9.55 Å². The number of benzene rings is 1. The predicted octanol–water partition coefficient (Wildman–Crippen LogP) is 2.23. The first-order valence-corrected chi connectivity index (χ1v) is 5.74. The summed E-state index contributed by atoms with van der Waals surface area (Å²) in [5.74, 6) is 1.03. The number of fused-ring (bicyclic) bond motifs is 1. The van der Waals surface area contributed by atoms with Crippen molar-refractivity contribution in [1.29, 1.82) is 0 Å². The van der Waals surface area contributed by atoms with Gasteiger partial charge in [-0.3, -0.25) is 0 Å². The molecular formula is C11H14BrN3. The summed E-state index contributed by atoms with van der Waals surface area (Å²) >= 11 is 3.50. The van der Waals surface area contributed by atoms with Crippen molar-refractivity contribution < 1.29 is 0 Å². The van der Waals surface area contributed by atoms with Crippen LogP contribution in [0.2, 0.25) is 0 Å². The average Bonchev–Trinajstić information content (AvgIpc) is 2.46. The molecule has 1 aromatic carbocycles.